The highest BCUT2D eigenvalue weighted by atomic mass is 16.6. The van der Waals surface area contributed by atoms with Gasteiger partial charge in [-0.3, -0.25) is 14.3 Å². The number of ether oxygens (including phenoxy) is 1. The monoisotopic (exact) mass is 313 g/mol. The Hall–Kier alpha value is -2.21. The molecule has 0 radical (unpaired) electrons. The molecule has 0 amide bonds. The second kappa shape index (κ2) is 4.91. The standard InChI is InChI=1S/C11H15N5O6/c1-15-4-7(13-10(12)14-8(4)20)16(11(15)21)9-6(19)5(18)3(2-17)22-9/h3,5-6,9,17-19H,2H2,1H3,(H3,12,13,14,20). The number of aryl methyl sites for hydroxylation is 1. The summed E-state index contributed by atoms with van der Waals surface area (Å²) >= 11 is 0. The second-order valence-corrected chi connectivity index (χ2v) is 5.06. The number of imidazole rings is 1. The summed E-state index contributed by atoms with van der Waals surface area (Å²) in [5.74, 6) is -0.205. The summed E-state index contributed by atoms with van der Waals surface area (Å²) in [5.41, 5.74) is 4.07. The van der Waals surface area contributed by atoms with E-state index >= 15 is 0 Å². The number of nitrogens with zero attached hydrogens (tertiary/aromatic N) is 3. The molecule has 2 aromatic rings. The van der Waals surface area contributed by atoms with Gasteiger partial charge in [0.25, 0.3) is 5.56 Å². The number of aliphatic hydroxyl groups is 3. The third-order valence-corrected chi connectivity index (χ3v) is 3.72. The number of H-pyrrole nitrogens is 1. The summed E-state index contributed by atoms with van der Waals surface area (Å²) in [6, 6.07) is 0. The molecule has 3 rings (SSSR count). The van der Waals surface area contributed by atoms with Gasteiger partial charge < -0.3 is 25.8 Å². The molecule has 2 aromatic heterocycles. The Morgan fingerprint density at radius 1 is 1.36 bits per heavy atom. The van der Waals surface area contributed by atoms with Gasteiger partial charge >= 0.3 is 5.69 Å². The SMILES string of the molecule is Cn1c(=O)n(C2OC(CO)C(O)C2O)c2nc(N)[nH]c(=O)c21. The van der Waals surface area contributed by atoms with Crippen LogP contribution in [0.25, 0.3) is 11.2 Å². The maximum absolute atomic E-state index is 12.3. The molecular formula is C11H15N5O6. The van der Waals surface area contributed by atoms with Crippen molar-refractivity contribution in [1.82, 2.24) is 19.1 Å². The van der Waals surface area contributed by atoms with E-state index in [1.54, 1.807) is 0 Å². The molecule has 4 atom stereocenters. The third-order valence-electron chi connectivity index (χ3n) is 3.72. The molecule has 0 bridgehead atoms. The number of nitrogen functional groups attached to an aromatic ring is 1. The lowest BCUT2D eigenvalue weighted by atomic mass is 10.1. The Labute approximate surface area is 122 Å². The molecular weight excluding hydrogens is 298 g/mol. The zero-order chi connectivity index (χ0) is 16.2. The number of fused-ring (bicyclic) bond motifs is 1. The number of hydrogen-bond donors (Lipinski definition) is 5. The number of rotatable bonds is 2. The Bertz CT molecular complexity index is 838. The summed E-state index contributed by atoms with van der Waals surface area (Å²) in [4.78, 5) is 30.4. The Morgan fingerprint density at radius 2 is 2.05 bits per heavy atom. The van der Waals surface area contributed by atoms with Gasteiger partial charge in [0.05, 0.1) is 6.61 Å². The van der Waals surface area contributed by atoms with Crippen molar-refractivity contribution >= 4 is 17.1 Å². The Kier molecular flexibility index (Phi) is 3.29. The first kappa shape index (κ1) is 14.7. The minimum Gasteiger partial charge on any atom is -0.394 e. The predicted octanol–water partition coefficient (Wildman–Crippen LogP) is -3.38. The topological polar surface area (TPSA) is 169 Å². The van der Waals surface area contributed by atoms with E-state index in [1.807, 2.05) is 0 Å². The number of nitrogens with one attached hydrogen (secondary N) is 1. The lowest BCUT2D eigenvalue weighted by molar-refractivity contribution is -0.0527. The van der Waals surface area contributed by atoms with Crippen LogP contribution in [0, 0.1) is 0 Å². The summed E-state index contributed by atoms with van der Waals surface area (Å²) in [6.45, 7) is -0.537. The number of hydrogen-bond acceptors (Lipinski definition) is 8. The van der Waals surface area contributed by atoms with Crippen molar-refractivity contribution in [3.05, 3.63) is 20.8 Å². The number of aliphatic hydroxyl groups excluding tert-OH is 3. The van der Waals surface area contributed by atoms with Gasteiger partial charge in [0.1, 0.15) is 18.3 Å². The van der Waals surface area contributed by atoms with Crippen LogP contribution in [0.2, 0.25) is 0 Å². The highest BCUT2D eigenvalue weighted by Crippen LogP contribution is 2.29. The van der Waals surface area contributed by atoms with Crippen LogP contribution in [-0.2, 0) is 11.8 Å². The van der Waals surface area contributed by atoms with E-state index in [-0.39, 0.29) is 17.1 Å². The average Bonchev–Trinajstić information content (AvgIpc) is 2.87. The quantitative estimate of drug-likeness (QED) is 0.382. The molecule has 11 heteroatoms. The molecule has 6 N–H and O–H groups in total. The third kappa shape index (κ3) is 1.87. The molecule has 0 spiro atoms. The molecule has 0 saturated carbocycles. The first-order chi connectivity index (χ1) is 10.4. The summed E-state index contributed by atoms with van der Waals surface area (Å²) < 4.78 is 7.28. The highest BCUT2D eigenvalue weighted by Gasteiger charge is 2.45. The average molecular weight is 313 g/mol. The van der Waals surface area contributed by atoms with Crippen LogP contribution in [0.3, 0.4) is 0 Å². The van der Waals surface area contributed by atoms with Gasteiger partial charge in [0.2, 0.25) is 5.95 Å². The molecule has 22 heavy (non-hydrogen) atoms. The lowest BCUT2D eigenvalue weighted by Crippen LogP contribution is -2.35. The largest absolute Gasteiger partial charge is 0.394 e. The van der Waals surface area contributed by atoms with Crippen LogP contribution in [0.1, 0.15) is 6.23 Å². The van der Waals surface area contributed by atoms with Crippen LogP contribution >= 0.6 is 0 Å². The van der Waals surface area contributed by atoms with E-state index in [9.17, 15) is 19.8 Å². The maximum atomic E-state index is 12.3. The molecule has 0 aliphatic carbocycles. The van der Waals surface area contributed by atoms with Crippen molar-refractivity contribution in [3.63, 3.8) is 0 Å². The van der Waals surface area contributed by atoms with E-state index in [1.165, 1.54) is 7.05 Å². The van der Waals surface area contributed by atoms with E-state index in [0.717, 1.165) is 9.13 Å². The van der Waals surface area contributed by atoms with Crippen LogP contribution in [-0.4, -0.2) is 59.3 Å². The summed E-state index contributed by atoms with van der Waals surface area (Å²) in [5, 5.41) is 29.0. The molecule has 4 unspecified atom stereocenters. The zero-order valence-corrected chi connectivity index (χ0v) is 11.5. The van der Waals surface area contributed by atoms with Crippen LogP contribution in [0.15, 0.2) is 9.59 Å². The van der Waals surface area contributed by atoms with Crippen molar-refractivity contribution < 1.29 is 20.1 Å². The van der Waals surface area contributed by atoms with E-state index < -0.39 is 42.4 Å². The molecule has 1 saturated heterocycles. The van der Waals surface area contributed by atoms with Gasteiger partial charge in [-0.2, -0.15) is 4.98 Å². The van der Waals surface area contributed by atoms with Crippen LogP contribution in [0.4, 0.5) is 5.95 Å². The Morgan fingerprint density at radius 3 is 2.64 bits per heavy atom. The smallest absolute Gasteiger partial charge is 0.332 e. The summed E-state index contributed by atoms with van der Waals surface area (Å²) in [7, 11) is 1.36. The van der Waals surface area contributed by atoms with Gasteiger partial charge in [0.15, 0.2) is 17.4 Å². The van der Waals surface area contributed by atoms with Gasteiger partial charge in [-0.05, 0) is 0 Å². The fourth-order valence-corrected chi connectivity index (χ4v) is 2.61. The molecule has 1 aliphatic rings. The van der Waals surface area contributed by atoms with Crippen molar-refractivity contribution in [1.29, 1.82) is 0 Å². The molecule has 0 aromatic carbocycles. The molecule has 1 aliphatic heterocycles. The van der Waals surface area contributed by atoms with Gasteiger partial charge in [-0.1, -0.05) is 0 Å². The van der Waals surface area contributed by atoms with Gasteiger partial charge in [-0.15, -0.1) is 0 Å². The second-order valence-electron chi connectivity index (χ2n) is 5.06. The van der Waals surface area contributed by atoms with E-state index in [4.69, 9.17) is 15.6 Å². The molecule has 120 valence electrons. The van der Waals surface area contributed by atoms with E-state index in [2.05, 4.69) is 9.97 Å². The molecule has 11 nitrogen and oxygen atoms in total. The highest BCUT2D eigenvalue weighted by molar-refractivity contribution is 5.71. The number of aromatic amines is 1. The van der Waals surface area contributed by atoms with Gasteiger partial charge in [-0.25, -0.2) is 9.36 Å². The maximum Gasteiger partial charge on any atom is 0.332 e. The van der Waals surface area contributed by atoms with Crippen molar-refractivity contribution in [2.24, 2.45) is 7.05 Å². The number of anilines is 1. The van der Waals surface area contributed by atoms with Crippen molar-refractivity contribution in [2.45, 2.75) is 24.5 Å². The fraction of sp³-hybridized carbons (Fsp3) is 0.545. The Balaban J connectivity index is 2.26. The van der Waals surface area contributed by atoms with Crippen LogP contribution < -0.4 is 17.0 Å². The first-order valence-electron chi connectivity index (χ1n) is 6.46. The zero-order valence-electron chi connectivity index (χ0n) is 11.5. The summed E-state index contributed by atoms with van der Waals surface area (Å²) in [6.07, 6.45) is -5.20. The normalized spacial score (nSPS) is 28.5. The molecule has 1 fully saturated rings. The van der Waals surface area contributed by atoms with Crippen molar-refractivity contribution in [2.75, 3.05) is 12.3 Å². The van der Waals surface area contributed by atoms with Crippen LogP contribution in [0.5, 0.6) is 0 Å². The molecule has 3 heterocycles. The van der Waals surface area contributed by atoms with Crippen molar-refractivity contribution in [3.8, 4) is 0 Å². The minimum absolute atomic E-state index is 0.0445. The lowest BCUT2D eigenvalue weighted by Gasteiger charge is -2.15. The van der Waals surface area contributed by atoms with Gasteiger partial charge in [0, 0.05) is 7.05 Å². The fourth-order valence-electron chi connectivity index (χ4n) is 2.61. The minimum atomic E-state index is -1.47. The first-order valence-corrected chi connectivity index (χ1v) is 6.46. The predicted molar refractivity (Wildman–Crippen MR) is 73.0 cm³/mol. The number of nitrogens with two attached hydrogens (primary N) is 1. The number of aromatic nitrogens is 4. The van der Waals surface area contributed by atoms with E-state index in [0.29, 0.717) is 0 Å².